The minimum Gasteiger partial charge on any atom is -0.299 e. The van der Waals surface area contributed by atoms with Crippen LogP contribution in [-0.4, -0.2) is 43.8 Å². The van der Waals surface area contributed by atoms with E-state index in [2.05, 4.69) is 9.71 Å². The van der Waals surface area contributed by atoms with E-state index in [1.807, 2.05) is 28.8 Å². The number of rotatable bonds is 6. The van der Waals surface area contributed by atoms with Crippen LogP contribution in [0.5, 0.6) is 0 Å². The highest BCUT2D eigenvalue weighted by Gasteiger charge is 2.27. The predicted molar refractivity (Wildman–Crippen MR) is 126 cm³/mol. The summed E-state index contributed by atoms with van der Waals surface area (Å²) in [6, 6.07) is 20.0. The molecule has 1 aliphatic heterocycles. The van der Waals surface area contributed by atoms with Crippen molar-refractivity contribution in [3.63, 3.8) is 0 Å². The van der Waals surface area contributed by atoms with E-state index < -0.39 is 20.0 Å². The van der Waals surface area contributed by atoms with E-state index in [0.717, 1.165) is 29.6 Å². The van der Waals surface area contributed by atoms with Crippen LogP contribution in [0.2, 0.25) is 0 Å². The van der Waals surface area contributed by atoms with E-state index in [-0.39, 0.29) is 9.79 Å². The SMILES string of the molecule is O=S(=O)(Nc1ccc(-n2cnc3ccccc32)cc1)c1ccc(S(=O)(=O)N2CCCC2)cc1. The first-order chi connectivity index (χ1) is 15.8. The monoisotopic (exact) mass is 482 g/mol. The largest absolute Gasteiger partial charge is 0.299 e. The van der Waals surface area contributed by atoms with Crippen molar-refractivity contribution >= 4 is 36.8 Å². The second kappa shape index (κ2) is 8.29. The number of imidazole rings is 1. The van der Waals surface area contributed by atoms with Crippen LogP contribution in [0.1, 0.15) is 12.8 Å². The lowest BCUT2D eigenvalue weighted by Gasteiger charge is -2.16. The first-order valence-corrected chi connectivity index (χ1v) is 13.4. The molecule has 0 atom stereocenters. The third-order valence-corrected chi connectivity index (χ3v) is 9.00. The van der Waals surface area contributed by atoms with E-state index in [1.54, 1.807) is 30.6 Å². The van der Waals surface area contributed by atoms with Gasteiger partial charge in [-0.05, 0) is 73.5 Å². The number of benzene rings is 3. The van der Waals surface area contributed by atoms with Gasteiger partial charge in [0.1, 0.15) is 6.33 Å². The number of hydrogen-bond acceptors (Lipinski definition) is 5. The second-order valence-electron chi connectivity index (χ2n) is 7.84. The van der Waals surface area contributed by atoms with Crippen LogP contribution in [0.4, 0.5) is 5.69 Å². The number of aromatic nitrogens is 2. The summed E-state index contributed by atoms with van der Waals surface area (Å²) in [5.74, 6) is 0. The Labute approximate surface area is 192 Å². The normalized spacial score (nSPS) is 15.2. The Bertz CT molecular complexity index is 1500. The Morgan fingerprint density at radius 2 is 1.39 bits per heavy atom. The number of hydrogen-bond donors (Lipinski definition) is 1. The van der Waals surface area contributed by atoms with Gasteiger partial charge >= 0.3 is 0 Å². The van der Waals surface area contributed by atoms with Gasteiger partial charge in [-0.1, -0.05) is 12.1 Å². The number of fused-ring (bicyclic) bond motifs is 1. The fourth-order valence-corrected chi connectivity index (χ4v) is 6.51. The Morgan fingerprint density at radius 3 is 2.09 bits per heavy atom. The lowest BCUT2D eigenvalue weighted by Crippen LogP contribution is -2.27. The highest BCUT2D eigenvalue weighted by molar-refractivity contribution is 7.92. The van der Waals surface area contributed by atoms with Crippen molar-refractivity contribution in [1.82, 2.24) is 13.9 Å². The Balaban J connectivity index is 1.34. The Morgan fingerprint density at radius 1 is 0.758 bits per heavy atom. The molecule has 5 rings (SSSR count). The molecule has 1 fully saturated rings. The van der Waals surface area contributed by atoms with Gasteiger partial charge in [0.15, 0.2) is 0 Å². The molecule has 0 unspecified atom stereocenters. The summed E-state index contributed by atoms with van der Waals surface area (Å²) in [5.41, 5.74) is 3.08. The average molecular weight is 483 g/mol. The maximum Gasteiger partial charge on any atom is 0.261 e. The molecule has 33 heavy (non-hydrogen) atoms. The van der Waals surface area contributed by atoms with Gasteiger partial charge in [0.25, 0.3) is 10.0 Å². The number of nitrogens with zero attached hydrogens (tertiary/aromatic N) is 3. The summed E-state index contributed by atoms with van der Waals surface area (Å²) in [7, 11) is -7.46. The van der Waals surface area contributed by atoms with Crippen molar-refractivity contribution < 1.29 is 16.8 Å². The summed E-state index contributed by atoms with van der Waals surface area (Å²) < 4.78 is 56.8. The highest BCUT2D eigenvalue weighted by atomic mass is 32.2. The van der Waals surface area contributed by atoms with Crippen LogP contribution in [0, 0.1) is 0 Å². The molecule has 1 N–H and O–H groups in total. The molecule has 8 nitrogen and oxygen atoms in total. The topological polar surface area (TPSA) is 101 Å². The van der Waals surface area contributed by atoms with Crippen LogP contribution >= 0.6 is 0 Å². The Hall–Kier alpha value is -3.21. The quantitative estimate of drug-likeness (QED) is 0.452. The van der Waals surface area contributed by atoms with Crippen LogP contribution in [0.15, 0.2) is 88.9 Å². The number of nitrogens with one attached hydrogen (secondary N) is 1. The zero-order valence-electron chi connectivity index (χ0n) is 17.6. The van der Waals surface area contributed by atoms with E-state index in [1.165, 1.54) is 28.6 Å². The van der Waals surface area contributed by atoms with Gasteiger partial charge in [-0.3, -0.25) is 9.29 Å². The molecule has 2 heterocycles. The lowest BCUT2D eigenvalue weighted by atomic mass is 10.2. The van der Waals surface area contributed by atoms with Gasteiger partial charge in [0.05, 0.1) is 20.8 Å². The van der Waals surface area contributed by atoms with Crippen molar-refractivity contribution in [2.75, 3.05) is 17.8 Å². The molecule has 1 aromatic heterocycles. The molecule has 170 valence electrons. The molecular weight excluding hydrogens is 460 g/mol. The van der Waals surface area contributed by atoms with Gasteiger partial charge in [-0.25, -0.2) is 21.8 Å². The first-order valence-electron chi connectivity index (χ1n) is 10.5. The van der Waals surface area contributed by atoms with Crippen LogP contribution < -0.4 is 4.72 Å². The summed E-state index contributed by atoms with van der Waals surface area (Å²) in [5, 5.41) is 0. The zero-order chi connectivity index (χ0) is 23.1. The average Bonchev–Trinajstić information content (AvgIpc) is 3.50. The molecule has 4 aromatic rings. The third-order valence-electron chi connectivity index (χ3n) is 5.69. The summed E-state index contributed by atoms with van der Waals surface area (Å²) in [6.07, 6.45) is 3.40. The van der Waals surface area contributed by atoms with Gasteiger partial charge in [-0.15, -0.1) is 0 Å². The molecule has 10 heteroatoms. The van der Waals surface area contributed by atoms with E-state index in [9.17, 15) is 16.8 Å². The molecule has 0 aliphatic carbocycles. The molecule has 0 spiro atoms. The molecule has 0 radical (unpaired) electrons. The Kier molecular flexibility index (Phi) is 5.43. The molecule has 1 aliphatic rings. The zero-order valence-corrected chi connectivity index (χ0v) is 19.3. The smallest absolute Gasteiger partial charge is 0.261 e. The summed E-state index contributed by atoms with van der Waals surface area (Å²) in [4.78, 5) is 4.46. The molecular formula is C23H22N4O4S2. The first kappa shape index (κ1) is 21.6. The standard InChI is InChI=1S/C23H22N4O4S2/c28-32(29,20-11-13-21(14-12-20)33(30,31)26-15-3-4-16-26)25-18-7-9-19(10-8-18)27-17-24-22-5-1-2-6-23(22)27/h1-2,5-14,17,25H,3-4,15-16H2. The minimum absolute atomic E-state index is 0.00690. The number of anilines is 1. The summed E-state index contributed by atoms with van der Waals surface area (Å²) >= 11 is 0. The van der Waals surface area contributed by atoms with Crippen molar-refractivity contribution in [2.45, 2.75) is 22.6 Å². The number of para-hydroxylation sites is 2. The second-order valence-corrected chi connectivity index (χ2v) is 11.5. The van der Waals surface area contributed by atoms with Crippen molar-refractivity contribution in [3.05, 3.63) is 79.1 Å². The number of sulfonamides is 2. The maximum atomic E-state index is 12.8. The van der Waals surface area contributed by atoms with Crippen molar-refractivity contribution in [1.29, 1.82) is 0 Å². The predicted octanol–water partition coefficient (Wildman–Crippen LogP) is 3.61. The van der Waals surface area contributed by atoms with Crippen molar-refractivity contribution in [2.24, 2.45) is 0 Å². The van der Waals surface area contributed by atoms with Crippen LogP contribution in [0.25, 0.3) is 16.7 Å². The van der Waals surface area contributed by atoms with E-state index in [4.69, 9.17) is 0 Å². The third kappa shape index (κ3) is 4.12. The van der Waals surface area contributed by atoms with Crippen LogP contribution in [0.3, 0.4) is 0 Å². The molecule has 0 saturated carbocycles. The van der Waals surface area contributed by atoms with Gasteiger partial charge in [0, 0.05) is 24.5 Å². The van der Waals surface area contributed by atoms with E-state index in [0.29, 0.717) is 18.8 Å². The van der Waals surface area contributed by atoms with Crippen LogP contribution in [-0.2, 0) is 20.0 Å². The molecule has 0 amide bonds. The van der Waals surface area contributed by atoms with E-state index >= 15 is 0 Å². The maximum absolute atomic E-state index is 12.8. The van der Waals surface area contributed by atoms with Gasteiger partial charge < -0.3 is 0 Å². The minimum atomic E-state index is -3.87. The highest BCUT2D eigenvalue weighted by Crippen LogP contribution is 2.24. The van der Waals surface area contributed by atoms with Gasteiger partial charge in [-0.2, -0.15) is 4.31 Å². The molecule has 0 bridgehead atoms. The van der Waals surface area contributed by atoms with Crippen molar-refractivity contribution in [3.8, 4) is 5.69 Å². The molecule has 1 saturated heterocycles. The molecule has 3 aromatic carbocycles. The fraction of sp³-hybridized carbons (Fsp3) is 0.174. The lowest BCUT2D eigenvalue weighted by molar-refractivity contribution is 0.477. The fourth-order valence-electron chi connectivity index (χ4n) is 3.94. The van der Waals surface area contributed by atoms with Gasteiger partial charge in [0.2, 0.25) is 10.0 Å². The summed E-state index contributed by atoms with van der Waals surface area (Å²) in [6.45, 7) is 0.990.